The van der Waals surface area contributed by atoms with Crippen molar-refractivity contribution >= 4 is 72.0 Å². The van der Waals surface area contributed by atoms with E-state index in [2.05, 4.69) is 127 Å². The average Bonchev–Trinajstić information content (AvgIpc) is 3.71. The summed E-state index contributed by atoms with van der Waals surface area (Å²) < 4.78 is 12.7. The number of hydrogen-bond donors (Lipinski definition) is 0. The highest BCUT2D eigenvalue weighted by Crippen LogP contribution is 2.37. The molecule has 0 saturated carbocycles. The van der Waals surface area contributed by atoms with Crippen molar-refractivity contribution in [1.82, 2.24) is 0 Å². The highest BCUT2D eigenvalue weighted by atomic mass is 16.3. The molecule has 0 aliphatic rings. The van der Waals surface area contributed by atoms with E-state index in [4.69, 9.17) is 8.83 Å². The topological polar surface area (TPSA) is 29.5 Å². The third-order valence-electron chi connectivity index (χ3n) is 8.86. The fraction of sp³-hybridized carbons (Fsp3) is 0. The molecule has 0 N–H and O–H groups in total. The van der Waals surface area contributed by atoms with E-state index in [1.54, 1.807) is 6.08 Å². The molecule has 0 fully saturated rings. The summed E-state index contributed by atoms with van der Waals surface area (Å²) in [7, 11) is 0. The second-order valence-corrected chi connectivity index (χ2v) is 11.8. The van der Waals surface area contributed by atoms with E-state index >= 15 is 0 Å². The minimum atomic E-state index is 0.853. The van der Waals surface area contributed by atoms with Gasteiger partial charge in [-0.3, -0.25) is 0 Å². The Morgan fingerprint density at radius 2 is 1.35 bits per heavy atom. The van der Waals surface area contributed by atoms with Crippen LogP contribution in [-0.4, -0.2) is 0 Å². The Balaban J connectivity index is 1.26. The van der Waals surface area contributed by atoms with Gasteiger partial charge < -0.3 is 13.7 Å². The second-order valence-electron chi connectivity index (χ2n) is 11.8. The van der Waals surface area contributed by atoms with Crippen LogP contribution in [0.1, 0.15) is 11.1 Å². The number of allylic oxidation sites excluding steroid dienone is 7. The van der Waals surface area contributed by atoms with Crippen LogP contribution in [0.4, 0.5) is 5.69 Å². The van der Waals surface area contributed by atoms with Crippen LogP contribution in [-0.2, 0) is 0 Å². The lowest BCUT2D eigenvalue weighted by Gasteiger charge is -2.22. The van der Waals surface area contributed by atoms with Crippen LogP contribution in [0.25, 0.3) is 66.3 Å². The number of furan rings is 2. The van der Waals surface area contributed by atoms with Crippen molar-refractivity contribution in [1.29, 1.82) is 0 Å². The van der Waals surface area contributed by atoms with Gasteiger partial charge in [-0.05, 0) is 76.5 Å². The van der Waals surface area contributed by atoms with Crippen molar-refractivity contribution in [3.8, 4) is 0 Å². The highest BCUT2D eigenvalue weighted by Gasteiger charge is 2.15. The maximum absolute atomic E-state index is 6.39. The lowest BCUT2D eigenvalue weighted by Crippen LogP contribution is -2.13. The SMILES string of the molecule is C=C/C=C\C(=C\c1cccc2oc3cc4ccccc4cc3c12)N(/C=C/C=C(\C=C)c1cccc2c1oc1ccccc12)c1ccccc1. The van der Waals surface area contributed by atoms with E-state index in [9.17, 15) is 0 Å². The van der Waals surface area contributed by atoms with Gasteiger partial charge in [0.15, 0.2) is 0 Å². The number of hydrogen-bond acceptors (Lipinski definition) is 3. The van der Waals surface area contributed by atoms with Crippen LogP contribution in [0.2, 0.25) is 0 Å². The van der Waals surface area contributed by atoms with E-state index in [1.807, 2.05) is 60.7 Å². The van der Waals surface area contributed by atoms with Crippen LogP contribution in [0.15, 0.2) is 198 Å². The molecule has 0 unspecified atom stereocenters. The molecule has 234 valence electrons. The normalized spacial score (nSPS) is 12.7. The summed E-state index contributed by atoms with van der Waals surface area (Å²) in [6.45, 7) is 8.11. The summed E-state index contributed by atoms with van der Waals surface area (Å²) in [4.78, 5) is 2.18. The molecule has 3 heteroatoms. The lowest BCUT2D eigenvalue weighted by molar-refractivity contribution is 0.667. The fourth-order valence-corrected chi connectivity index (χ4v) is 6.57. The molecule has 0 aliphatic heterocycles. The van der Waals surface area contributed by atoms with Crippen molar-refractivity contribution in [2.24, 2.45) is 0 Å². The van der Waals surface area contributed by atoms with E-state index in [1.165, 1.54) is 5.39 Å². The molecule has 0 radical (unpaired) electrons. The number of anilines is 1. The predicted molar refractivity (Wildman–Crippen MR) is 208 cm³/mol. The molecule has 6 aromatic carbocycles. The first-order valence-electron chi connectivity index (χ1n) is 16.3. The summed E-state index contributed by atoms with van der Waals surface area (Å²) in [5, 5.41) is 6.70. The van der Waals surface area contributed by atoms with Gasteiger partial charge in [0, 0.05) is 44.7 Å². The molecule has 0 amide bonds. The van der Waals surface area contributed by atoms with Gasteiger partial charge in [-0.1, -0.05) is 128 Å². The third kappa shape index (κ3) is 5.58. The Labute approximate surface area is 285 Å². The van der Waals surface area contributed by atoms with Crippen molar-refractivity contribution in [3.63, 3.8) is 0 Å². The van der Waals surface area contributed by atoms with Gasteiger partial charge >= 0.3 is 0 Å². The summed E-state index contributed by atoms with van der Waals surface area (Å²) in [5.74, 6) is 0. The van der Waals surface area contributed by atoms with Crippen LogP contribution in [0.5, 0.6) is 0 Å². The molecule has 49 heavy (non-hydrogen) atoms. The lowest BCUT2D eigenvalue weighted by atomic mass is 10.0. The first kappa shape index (κ1) is 29.8. The highest BCUT2D eigenvalue weighted by molar-refractivity contribution is 6.13. The van der Waals surface area contributed by atoms with Crippen LogP contribution in [0, 0.1) is 0 Å². The Morgan fingerprint density at radius 1 is 0.612 bits per heavy atom. The summed E-state index contributed by atoms with van der Waals surface area (Å²) >= 11 is 0. The number of rotatable bonds is 9. The molecule has 0 aliphatic carbocycles. The minimum absolute atomic E-state index is 0.853. The smallest absolute Gasteiger partial charge is 0.143 e. The number of nitrogens with zero attached hydrogens (tertiary/aromatic N) is 1. The largest absolute Gasteiger partial charge is 0.456 e. The molecule has 0 spiro atoms. The van der Waals surface area contributed by atoms with Gasteiger partial charge in [-0.15, -0.1) is 0 Å². The van der Waals surface area contributed by atoms with Gasteiger partial charge in [-0.25, -0.2) is 0 Å². The zero-order valence-electron chi connectivity index (χ0n) is 26.9. The van der Waals surface area contributed by atoms with Crippen LogP contribution < -0.4 is 4.90 Å². The summed E-state index contributed by atoms with van der Waals surface area (Å²) in [6.07, 6.45) is 16.1. The van der Waals surface area contributed by atoms with Gasteiger partial charge in [-0.2, -0.15) is 0 Å². The van der Waals surface area contributed by atoms with Crippen molar-refractivity contribution in [2.75, 3.05) is 4.90 Å². The molecule has 2 heterocycles. The fourth-order valence-electron chi connectivity index (χ4n) is 6.57. The van der Waals surface area contributed by atoms with E-state index < -0.39 is 0 Å². The van der Waals surface area contributed by atoms with Crippen molar-refractivity contribution < 1.29 is 8.83 Å². The van der Waals surface area contributed by atoms with Crippen molar-refractivity contribution in [3.05, 3.63) is 200 Å². The molecular formula is C46H33NO2. The maximum Gasteiger partial charge on any atom is 0.143 e. The molecule has 8 rings (SSSR count). The Morgan fingerprint density at radius 3 is 2.18 bits per heavy atom. The second kappa shape index (κ2) is 12.9. The third-order valence-corrected chi connectivity index (χ3v) is 8.86. The molecule has 3 nitrogen and oxygen atoms in total. The van der Waals surface area contributed by atoms with E-state index in [0.29, 0.717) is 0 Å². The Bertz CT molecular complexity index is 2640. The molecule has 2 aromatic heterocycles. The predicted octanol–water partition coefficient (Wildman–Crippen LogP) is 13.0. The molecule has 0 bridgehead atoms. The van der Waals surface area contributed by atoms with Gasteiger partial charge in [0.1, 0.15) is 22.3 Å². The summed E-state index contributed by atoms with van der Waals surface area (Å²) in [5.41, 5.74) is 8.44. The van der Waals surface area contributed by atoms with Gasteiger partial charge in [0.2, 0.25) is 0 Å². The first-order valence-corrected chi connectivity index (χ1v) is 16.3. The van der Waals surface area contributed by atoms with Gasteiger partial charge in [0.05, 0.1) is 0 Å². The quantitative estimate of drug-likeness (QED) is 0.148. The monoisotopic (exact) mass is 631 g/mol. The number of para-hydroxylation sites is 3. The number of fused-ring (bicyclic) bond motifs is 7. The van der Waals surface area contributed by atoms with E-state index in [0.717, 1.165) is 77.3 Å². The minimum Gasteiger partial charge on any atom is -0.456 e. The number of benzene rings is 6. The van der Waals surface area contributed by atoms with Crippen LogP contribution in [0.3, 0.4) is 0 Å². The molecule has 0 saturated heterocycles. The average molecular weight is 632 g/mol. The molecule has 0 atom stereocenters. The molecular weight excluding hydrogens is 599 g/mol. The van der Waals surface area contributed by atoms with Crippen LogP contribution >= 0.6 is 0 Å². The summed E-state index contributed by atoms with van der Waals surface area (Å²) in [6, 6.07) is 43.7. The first-order chi connectivity index (χ1) is 24.2. The Kier molecular flexibility index (Phi) is 7.85. The van der Waals surface area contributed by atoms with Crippen molar-refractivity contribution in [2.45, 2.75) is 0 Å². The standard InChI is InChI=1S/C46H33NO2/c1-3-5-20-37(29-35-18-13-27-43-45(35)41-30-33-16-9-10-17-34(33)31-44(41)48-43)47(36-21-7-6-8-22-36)28-15-19-32(4-2)38-24-14-25-40-39-23-11-12-26-42(39)49-46(38)40/h3-31H,1-2H2/b20-5-,28-15+,32-19+,37-29-. The Hall–Kier alpha value is -6.58. The maximum atomic E-state index is 6.39. The zero-order chi connectivity index (χ0) is 33.2. The molecule has 8 aromatic rings. The zero-order valence-corrected chi connectivity index (χ0v) is 26.9. The van der Waals surface area contributed by atoms with Gasteiger partial charge in [0.25, 0.3) is 0 Å². The van der Waals surface area contributed by atoms with E-state index in [-0.39, 0.29) is 0 Å².